The summed E-state index contributed by atoms with van der Waals surface area (Å²) in [6.07, 6.45) is 5.39. The van der Waals surface area contributed by atoms with Crippen molar-refractivity contribution in [1.29, 1.82) is 0 Å². The summed E-state index contributed by atoms with van der Waals surface area (Å²) in [5, 5.41) is 9.43. The third-order valence-electron chi connectivity index (χ3n) is 2.17. The van der Waals surface area contributed by atoms with E-state index in [1.807, 2.05) is 0 Å². The average molecular weight is 248 g/mol. The van der Waals surface area contributed by atoms with Gasteiger partial charge in [-0.15, -0.1) is 0 Å². The first-order valence-corrected chi connectivity index (χ1v) is 6.98. The Morgan fingerprint density at radius 3 is 2.92 bits per heavy atom. The molecular weight excluding hydrogens is 229 g/mol. The fourth-order valence-corrected chi connectivity index (χ4v) is 3.95. The van der Waals surface area contributed by atoms with Crippen LogP contribution in [0.3, 0.4) is 0 Å². The molecule has 1 rings (SSSR count). The standard InChI is InChI=1S/C10H19NOSe/c1-3-4-5-6-10-11-9(12)7-8(2)13-10/h8-9,12H,3-7H2,1-2H3/t8-,9+/m0/s1. The van der Waals surface area contributed by atoms with Crippen LogP contribution in [0.15, 0.2) is 4.99 Å². The number of hydrogen-bond donors (Lipinski definition) is 1. The number of unbranched alkanes of at least 4 members (excludes halogenated alkanes) is 2. The minimum atomic E-state index is -0.401. The minimum absolute atomic E-state index is 0.401. The summed E-state index contributed by atoms with van der Waals surface area (Å²) >= 11 is 0.549. The summed E-state index contributed by atoms with van der Waals surface area (Å²) in [7, 11) is 0. The van der Waals surface area contributed by atoms with E-state index < -0.39 is 6.23 Å². The first-order chi connectivity index (χ1) is 6.22. The van der Waals surface area contributed by atoms with Crippen LogP contribution < -0.4 is 0 Å². The fraction of sp³-hybridized carbons (Fsp3) is 0.900. The predicted molar refractivity (Wildman–Crippen MR) is 57.4 cm³/mol. The molecule has 2 nitrogen and oxygen atoms in total. The van der Waals surface area contributed by atoms with E-state index in [2.05, 4.69) is 18.8 Å². The van der Waals surface area contributed by atoms with Gasteiger partial charge in [-0.3, -0.25) is 0 Å². The van der Waals surface area contributed by atoms with Gasteiger partial charge in [-0.1, -0.05) is 0 Å². The van der Waals surface area contributed by atoms with E-state index in [4.69, 9.17) is 0 Å². The van der Waals surface area contributed by atoms with Gasteiger partial charge in [0, 0.05) is 0 Å². The zero-order valence-electron chi connectivity index (χ0n) is 8.49. The molecule has 0 saturated heterocycles. The van der Waals surface area contributed by atoms with Crippen molar-refractivity contribution >= 4 is 19.6 Å². The van der Waals surface area contributed by atoms with Gasteiger partial charge in [-0.25, -0.2) is 0 Å². The maximum absolute atomic E-state index is 9.43. The Bertz CT molecular complexity index is 182. The molecule has 13 heavy (non-hydrogen) atoms. The molecule has 0 unspecified atom stereocenters. The zero-order valence-corrected chi connectivity index (χ0v) is 10.2. The van der Waals surface area contributed by atoms with Crippen LogP contribution in [0.1, 0.15) is 46.0 Å². The molecule has 0 spiro atoms. The van der Waals surface area contributed by atoms with Gasteiger partial charge in [0.05, 0.1) is 0 Å². The zero-order chi connectivity index (χ0) is 9.68. The number of nitrogens with zero attached hydrogens (tertiary/aromatic N) is 1. The van der Waals surface area contributed by atoms with Crippen molar-refractivity contribution in [3.8, 4) is 0 Å². The van der Waals surface area contributed by atoms with Crippen LogP contribution >= 0.6 is 0 Å². The van der Waals surface area contributed by atoms with Crippen LogP contribution in [0.25, 0.3) is 0 Å². The average Bonchev–Trinajstić information content (AvgIpc) is 2.03. The van der Waals surface area contributed by atoms with E-state index in [0.717, 1.165) is 12.8 Å². The Morgan fingerprint density at radius 2 is 2.31 bits per heavy atom. The number of aliphatic imine (C=N–C) groups is 1. The van der Waals surface area contributed by atoms with Crippen molar-refractivity contribution in [2.24, 2.45) is 4.99 Å². The van der Waals surface area contributed by atoms with Gasteiger partial charge in [0.1, 0.15) is 0 Å². The molecule has 0 aliphatic carbocycles. The van der Waals surface area contributed by atoms with Crippen LogP contribution in [0, 0.1) is 0 Å². The van der Waals surface area contributed by atoms with E-state index in [0.29, 0.717) is 19.8 Å². The Kier molecular flexibility index (Phi) is 5.00. The first-order valence-electron chi connectivity index (χ1n) is 5.13. The predicted octanol–water partition coefficient (Wildman–Crippen LogP) is 2.20. The normalized spacial score (nSPS) is 28.7. The molecule has 1 aliphatic rings. The van der Waals surface area contributed by atoms with Crippen LogP contribution in [0.2, 0.25) is 4.82 Å². The van der Waals surface area contributed by atoms with Gasteiger partial charge in [0.15, 0.2) is 0 Å². The third kappa shape index (κ3) is 4.26. The molecule has 3 heteroatoms. The van der Waals surface area contributed by atoms with Gasteiger partial charge >= 0.3 is 86.7 Å². The molecule has 0 amide bonds. The molecule has 1 heterocycles. The van der Waals surface area contributed by atoms with Crippen LogP contribution in [-0.2, 0) is 0 Å². The van der Waals surface area contributed by atoms with Crippen molar-refractivity contribution < 1.29 is 5.11 Å². The molecule has 0 radical (unpaired) electrons. The van der Waals surface area contributed by atoms with Crippen molar-refractivity contribution in [2.45, 2.75) is 57.0 Å². The summed E-state index contributed by atoms with van der Waals surface area (Å²) in [6.45, 7) is 4.43. The number of rotatable bonds is 4. The van der Waals surface area contributed by atoms with Crippen molar-refractivity contribution in [3.05, 3.63) is 0 Å². The maximum atomic E-state index is 9.43. The molecule has 0 saturated carbocycles. The molecule has 76 valence electrons. The van der Waals surface area contributed by atoms with E-state index in [1.54, 1.807) is 0 Å². The molecule has 0 aromatic carbocycles. The molecule has 0 bridgehead atoms. The van der Waals surface area contributed by atoms with E-state index in [-0.39, 0.29) is 0 Å². The molecule has 0 aromatic rings. The molecular formula is C10H19NOSe. The molecule has 0 fully saturated rings. The van der Waals surface area contributed by atoms with E-state index in [9.17, 15) is 5.11 Å². The molecule has 1 aliphatic heterocycles. The van der Waals surface area contributed by atoms with Crippen LogP contribution in [0.4, 0.5) is 0 Å². The van der Waals surface area contributed by atoms with Gasteiger partial charge in [0.2, 0.25) is 0 Å². The Morgan fingerprint density at radius 1 is 1.54 bits per heavy atom. The summed E-state index contributed by atoms with van der Waals surface area (Å²) in [5.41, 5.74) is 0. The van der Waals surface area contributed by atoms with Gasteiger partial charge < -0.3 is 0 Å². The summed E-state index contributed by atoms with van der Waals surface area (Å²) in [5.74, 6) is 0. The number of hydrogen-bond acceptors (Lipinski definition) is 2. The van der Waals surface area contributed by atoms with Crippen LogP contribution in [0.5, 0.6) is 0 Å². The van der Waals surface area contributed by atoms with Gasteiger partial charge in [-0.2, -0.15) is 0 Å². The first kappa shape index (κ1) is 11.2. The molecule has 1 N–H and O–H groups in total. The third-order valence-corrected chi connectivity index (χ3v) is 4.64. The number of aliphatic hydroxyl groups is 1. The quantitative estimate of drug-likeness (QED) is 0.600. The fourth-order valence-electron chi connectivity index (χ4n) is 1.48. The van der Waals surface area contributed by atoms with E-state index >= 15 is 0 Å². The second-order valence-corrected chi connectivity index (χ2v) is 6.80. The molecule has 0 aromatic heterocycles. The van der Waals surface area contributed by atoms with Crippen molar-refractivity contribution in [3.63, 3.8) is 0 Å². The number of aliphatic hydroxyl groups excluding tert-OH is 1. The van der Waals surface area contributed by atoms with Gasteiger partial charge in [-0.05, 0) is 0 Å². The Labute approximate surface area is 87.0 Å². The monoisotopic (exact) mass is 249 g/mol. The Hall–Kier alpha value is 0.149. The van der Waals surface area contributed by atoms with Crippen molar-refractivity contribution in [2.75, 3.05) is 0 Å². The second-order valence-electron chi connectivity index (χ2n) is 3.62. The van der Waals surface area contributed by atoms with Crippen LogP contribution in [-0.4, -0.2) is 30.9 Å². The van der Waals surface area contributed by atoms with E-state index in [1.165, 1.54) is 23.9 Å². The second kappa shape index (κ2) is 5.79. The van der Waals surface area contributed by atoms with Crippen molar-refractivity contribution in [1.82, 2.24) is 0 Å². The SMILES string of the molecule is CCCCCC1=N[C@H](O)C[C@H](C)[Se]1. The summed E-state index contributed by atoms with van der Waals surface area (Å²) in [6, 6.07) is 0. The summed E-state index contributed by atoms with van der Waals surface area (Å²) < 4.78 is 1.30. The van der Waals surface area contributed by atoms with Gasteiger partial charge in [0.25, 0.3) is 0 Å². The topological polar surface area (TPSA) is 32.6 Å². The molecule has 2 atom stereocenters. The Balaban J connectivity index is 2.31. The summed E-state index contributed by atoms with van der Waals surface area (Å²) in [4.78, 5) is 4.98.